The van der Waals surface area contributed by atoms with Gasteiger partial charge in [0.1, 0.15) is 23.4 Å². The molecule has 1 aliphatic heterocycles. The maximum atomic E-state index is 14.7. The number of aryl methyl sites for hydroxylation is 1. The highest BCUT2D eigenvalue weighted by Crippen LogP contribution is 2.26. The molecule has 36 heavy (non-hydrogen) atoms. The lowest BCUT2D eigenvalue weighted by atomic mass is 10.0. The van der Waals surface area contributed by atoms with Crippen LogP contribution in [0.4, 0.5) is 8.78 Å². The van der Waals surface area contributed by atoms with Gasteiger partial charge in [0.15, 0.2) is 0 Å². The van der Waals surface area contributed by atoms with E-state index in [1.165, 1.54) is 25.4 Å². The highest BCUT2D eigenvalue weighted by molar-refractivity contribution is 5.83. The number of hydrogen-bond donors (Lipinski definition) is 0. The van der Waals surface area contributed by atoms with Crippen LogP contribution in [0.15, 0.2) is 48.7 Å². The number of hydrogen-bond acceptors (Lipinski definition) is 6. The Bertz CT molecular complexity index is 1290. The summed E-state index contributed by atoms with van der Waals surface area (Å²) in [4.78, 5) is 20.9. The van der Waals surface area contributed by atoms with Gasteiger partial charge >= 0.3 is 5.97 Å². The molecule has 0 bridgehead atoms. The molecule has 3 aromatic rings. The van der Waals surface area contributed by atoms with Gasteiger partial charge in [-0.3, -0.25) is 19.6 Å². The Hall–Kier alpha value is -3.54. The van der Waals surface area contributed by atoms with Crippen molar-refractivity contribution in [2.24, 2.45) is 0 Å². The van der Waals surface area contributed by atoms with Gasteiger partial charge in [-0.1, -0.05) is 17.9 Å². The van der Waals surface area contributed by atoms with Crippen LogP contribution in [-0.2, 0) is 16.0 Å². The Kier molecular flexibility index (Phi) is 8.47. The van der Waals surface area contributed by atoms with Crippen LogP contribution < -0.4 is 4.74 Å². The summed E-state index contributed by atoms with van der Waals surface area (Å²) in [6.45, 7) is 2.96. The van der Waals surface area contributed by atoms with Crippen LogP contribution in [0.3, 0.4) is 0 Å². The molecular formula is C28H29F2N3O3. The van der Waals surface area contributed by atoms with E-state index in [4.69, 9.17) is 9.47 Å². The number of esters is 1. The first-order chi connectivity index (χ1) is 17.5. The van der Waals surface area contributed by atoms with Crippen molar-refractivity contribution in [2.45, 2.75) is 18.9 Å². The lowest BCUT2D eigenvalue weighted by molar-refractivity contribution is -0.149. The second kappa shape index (κ2) is 11.9. The van der Waals surface area contributed by atoms with E-state index in [1.807, 2.05) is 12.1 Å². The summed E-state index contributed by atoms with van der Waals surface area (Å²) in [6, 6.07) is 11.2. The van der Waals surface area contributed by atoms with Crippen molar-refractivity contribution in [3.8, 4) is 17.6 Å². The monoisotopic (exact) mass is 493 g/mol. The largest absolute Gasteiger partial charge is 0.497 e. The van der Waals surface area contributed by atoms with E-state index in [2.05, 4.69) is 26.6 Å². The number of benzene rings is 2. The molecule has 1 aliphatic rings. The van der Waals surface area contributed by atoms with E-state index in [0.29, 0.717) is 61.4 Å². The lowest BCUT2D eigenvalue weighted by Crippen LogP contribution is -2.56. The fourth-order valence-corrected chi connectivity index (χ4v) is 4.51. The standard InChI is InChI=1S/C28H29F2N3O3/c1-35-22-10-11-26-24(17-22)23(25(30)18-31-26)9-5-13-33-15-14-32(19-27(33)28(34)36-2)12-4-7-20-6-3-8-21(29)16-20/h3,6,8,10-11,16-18,27H,5,9,12-15,19H2,1-2H3/t27-/m1/s1. The third-order valence-corrected chi connectivity index (χ3v) is 6.41. The Morgan fingerprint density at radius 1 is 1.17 bits per heavy atom. The molecule has 0 amide bonds. The number of ether oxygens (including phenoxy) is 2. The van der Waals surface area contributed by atoms with Crippen molar-refractivity contribution in [1.29, 1.82) is 0 Å². The molecule has 2 aromatic carbocycles. The zero-order valence-electron chi connectivity index (χ0n) is 20.5. The van der Waals surface area contributed by atoms with Crippen LogP contribution in [-0.4, -0.2) is 73.7 Å². The highest BCUT2D eigenvalue weighted by Gasteiger charge is 2.32. The summed E-state index contributed by atoms with van der Waals surface area (Å²) in [5, 5.41) is 0.737. The zero-order chi connectivity index (χ0) is 25.5. The fraction of sp³-hybridized carbons (Fsp3) is 0.357. The van der Waals surface area contributed by atoms with Crippen molar-refractivity contribution in [1.82, 2.24) is 14.8 Å². The summed E-state index contributed by atoms with van der Waals surface area (Å²) in [5.41, 5.74) is 1.93. The van der Waals surface area contributed by atoms with Gasteiger partial charge in [-0.25, -0.2) is 8.78 Å². The van der Waals surface area contributed by atoms with Crippen molar-refractivity contribution in [2.75, 3.05) is 46.9 Å². The Balaban J connectivity index is 1.39. The van der Waals surface area contributed by atoms with Crippen LogP contribution in [0, 0.1) is 23.5 Å². The second-order valence-corrected chi connectivity index (χ2v) is 8.69. The Morgan fingerprint density at radius 2 is 2.03 bits per heavy atom. The van der Waals surface area contributed by atoms with E-state index in [9.17, 15) is 13.6 Å². The molecule has 0 N–H and O–H groups in total. The predicted molar refractivity (Wildman–Crippen MR) is 134 cm³/mol. The minimum Gasteiger partial charge on any atom is -0.497 e. The molecule has 0 spiro atoms. The third-order valence-electron chi connectivity index (χ3n) is 6.41. The van der Waals surface area contributed by atoms with Crippen LogP contribution in [0.2, 0.25) is 0 Å². The Morgan fingerprint density at radius 3 is 2.81 bits per heavy atom. The van der Waals surface area contributed by atoms with Gasteiger partial charge in [0.05, 0.1) is 32.5 Å². The second-order valence-electron chi connectivity index (χ2n) is 8.69. The van der Waals surface area contributed by atoms with Crippen molar-refractivity contribution in [3.05, 3.63) is 71.4 Å². The quantitative estimate of drug-likeness (QED) is 0.370. The molecule has 8 heteroatoms. The maximum Gasteiger partial charge on any atom is 0.324 e. The van der Waals surface area contributed by atoms with E-state index in [1.54, 1.807) is 25.3 Å². The molecule has 0 aliphatic carbocycles. The molecule has 1 atom stereocenters. The van der Waals surface area contributed by atoms with Crippen LogP contribution in [0.25, 0.3) is 10.9 Å². The molecule has 0 radical (unpaired) electrons. The van der Waals surface area contributed by atoms with Crippen LogP contribution >= 0.6 is 0 Å². The SMILES string of the molecule is COC(=O)[C@H]1CN(CC#Cc2cccc(F)c2)CCN1CCCc1c(F)cnc2ccc(OC)cc12. The summed E-state index contributed by atoms with van der Waals surface area (Å²) in [7, 11) is 2.96. The molecular weight excluding hydrogens is 464 g/mol. The van der Waals surface area contributed by atoms with Crippen molar-refractivity contribution in [3.63, 3.8) is 0 Å². The molecule has 4 rings (SSSR count). The number of halogens is 2. The molecule has 6 nitrogen and oxygen atoms in total. The minimum absolute atomic E-state index is 0.303. The van der Waals surface area contributed by atoms with Gasteiger partial charge in [-0.05, 0) is 61.3 Å². The zero-order valence-corrected chi connectivity index (χ0v) is 20.5. The molecule has 0 saturated carbocycles. The van der Waals surface area contributed by atoms with E-state index >= 15 is 0 Å². The molecule has 1 saturated heterocycles. The third kappa shape index (κ3) is 6.17. The number of rotatable bonds is 7. The average molecular weight is 494 g/mol. The number of nitrogens with zero attached hydrogens (tertiary/aromatic N) is 3. The number of methoxy groups -OCH3 is 2. The first-order valence-corrected chi connectivity index (χ1v) is 11.9. The highest BCUT2D eigenvalue weighted by atomic mass is 19.1. The van der Waals surface area contributed by atoms with Gasteiger partial charge in [0, 0.05) is 30.6 Å². The number of carbonyl (C=O) groups excluding carboxylic acids is 1. The first-order valence-electron chi connectivity index (χ1n) is 11.9. The first kappa shape index (κ1) is 25.5. The number of fused-ring (bicyclic) bond motifs is 1. The van der Waals surface area contributed by atoms with Gasteiger partial charge in [-0.2, -0.15) is 0 Å². The fourth-order valence-electron chi connectivity index (χ4n) is 4.51. The number of piperazine rings is 1. The van der Waals surface area contributed by atoms with Gasteiger partial charge in [0.25, 0.3) is 0 Å². The predicted octanol–water partition coefficient (Wildman–Crippen LogP) is 3.67. The lowest BCUT2D eigenvalue weighted by Gasteiger charge is -2.39. The van der Waals surface area contributed by atoms with Crippen LogP contribution in [0.5, 0.6) is 5.75 Å². The summed E-state index contributed by atoms with van der Waals surface area (Å²) in [6.07, 6.45) is 2.43. The van der Waals surface area contributed by atoms with Crippen LogP contribution in [0.1, 0.15) is 17.5 Å². The number of carbonyl (C=O) groups is 1. The summed E-state index contributed by atoms with van der Waals surface area (Å²) in [5.74, 6) is 5.72. The number of pyridine rings is 1. The molecule has 0 unspecified atom stereocenters. The van der Waals surface area contributed by atoms with Gasteiger partial charge in [-0.15, -0.1) is 0 Å². The maximum absolute atomic E-state index is 14.7. The smallest absolute Gasteiger partial charge is 0.324 e. The molecule has 188 valence electrons. The topological polar surface area (TPSA) is 54.9 Å². The average Bonchev–Trinajstić information content (AvgIpc) is 2.89. The minimum atomic E-state index is -0.432. The van der Waals surface area contributed by atoms with Crippen molar-refractivity contribution >= 4 is 16.9 Å². The van der Waals surface area contributed by atoms with E-state index < -0.39 is 6.04 Å². The normalized spacial score (nSPS) is 16.4. The molecule has 2 heterocycles. The summed E-state index contributed by atoms with van der Waals surface area (Å²) < 4.78 is 38.4. The number of aromatic nitrogens is 1. The summed E-state index contributed by atoms with van der Waals surface area (Å²) >= 11 is 0. The van der Waals surface area contributed by atoms with Crippen molar-refractivity contribution < 1.29 is 23.0 Å². The molecule has 1 fully saturated rings. The van der Waals surface area contributed by atoms with E-state index in [-0.39, 0.29) is 17.6 Å². The molecule has 1 aromatic heterocycles. The van der Waals surface area contributed by atoms with E-state index in [0.717, 1.165) is 11.9 Å². The van der Waals surface area contributed by atoms with Gasteiger partial charge < -0.3 is 9.47 Å². The van der Waals surface area contributed by atoms with Gasteiger partial charge in [0.2, 0.25) is 0 Å². The Labute approximate surface area is 209 Å².